The minimum absolute atomic E-state index is 0.0443. The van der Waals surface area contributed by atoms with Crippen LogP contribution in [0, 0.1) is 11.3 Å². The van der Waals surface area contributed by atoms with E-state index >= 15 is 0 Å². The molecule has 6 heteroatoms. The van der Waals surface area contributed by atoms with Crippen molar-refractivity contribution in [2.24, 2.45) is 5.92 Å². The van der Waals surface area contributed by atoms with Crippen LogP contribution in [0.3, 0.4) is 0 Å². The number of piperidine rings is 1. The van der Waals surface area contributed by atoms with Crippen molar-refractivity contribution >= 4 is 22.5 Å². The summed E-state index contributed by atoms with van der Waals surface area (Å²) in [6.45, 7) is 6.40. The number of rotatable bonds is 3. The van der Waals surface area contributed by atoms with E-state index in [-0.39, 0.29) is 11.8 Å². The van der Waals surface area contributed by atoms with Crippen molar-refractivity contribution in [3.8, 4) is 0 Å². The van der Waals surface area contributed by atoms with Crippen molar-refractivity contribution in [3.05, 3.63) is 59.0 Å². The van der Waals surface area contributed by atoms with E-state index in [2.05, 4.69) is 29.1 Å². The molecule has 1 saturated heterocycles. The molecule has 2 aliphatic heterocycles. The summed E-state index contributed by atoms with van der Waals surface area (Å²) in [6.07, 6.45) is 4.95. The van der Waals surface area contributed by atoms with Gasteiger partial charge in [-0.05, 0) is 49.8 Å². The molecule has 2 aliphatic rings. The van der Waals surface area contributed by atoms with Crippen LogP contribution in [-0.2, 0) is 13.0 Å². The molecule has 0 bridgehead atoms. The lowest BCUT2D eigenvalue weighted by Gasteiger charge is -2.37. The average molecular weight is 402 g/mol. The molecular weight excluding hydrogens is 374 g/mol. The smallest absolute Gasteiger partial charge is 0.274 e. The maximum Gasteiger partial charge on any atom is 0.274 e. The Morgan fingerprint density at radius 3 is 2.90 bits per heavy atom. The highest BCUT2D eigenvalue weighted by Crippen LogP contribution is 2.35. The number of amides is 1. The average Bonchev–Trinajstić information content (AvgIpc) is 3.34. The van der Waals surface area contributed by atoms with Gasteiger partial charge in [0.15, 0.2) is 5.69 Å². The van der Waals surface area contributed by atoms with Gasteiger partial charge in [0.05, 0.1) is 5.52 Å². The van der Waals surface area contributed by atoms with Crippen molar-refractivity contribution in [1.82, 2.24) is 19.7 Å². The van der Waals surface area contributed by atoms with E-state index in [0.717, 1.165) is 48.8 Å². The van der Waals surface area contributed by atoms with E-state index in [1.807, 2.05) is 27.8 Å². The van der Waals surface area contributed by atoms with Gasteiger partial charge in [-0.25, -0.2) is 0 Å². The van der Waals surface area contributed by atoms with E-state index in [1.54, 1.807) is 13.1 Å². The fraction of sp³-hybridized carbons (Fsp3) is 0.417. The quantitative estimate of drug-likeness (QED) is 0.673. The number of hydrogen-bond donors (Lipinski definition) is 1. The number of pyridine rings is 1. The normalized spacial score (nSPS) is 21.1. The van der Waals surface area contributed by atoms with Crippen molar-refractivity contribution in [1.29, 1.82) is 5.41 Å². The highest BCUT2D eigenvalue weighted by atomic mass is 16.2. The van der Waals surface area contributed by atoms with Crippen LogP contribution in [-0.4, -0.2) is 44.4 Å². The second-order valence-corrected chi connectivity index (χ2v) is 8.82. The zero-order chi connectivity index (χ0) is 20.8. The SMILES string of the molecule is CC(=N)c1ccc([C@H]2C[C@@H](C)CN(C(=O)c3cc4n(n3)CCC4)C2)c2cccnc12. The molecule has 0 spiro atoms. The molecule has 6 nitrogen and oxygen atoms in total. The Morgan fingerprint density at radius 1 is 1.23 bits per heavy atom. The van der Waals surface area contributed by atoms with E-state index < -0.39 is 0 Å². The number of hydrogen-bond acceptors (Lipinski definition) is 4. The van der Waals surface area contributed by atoms with Gasteiger partial charge in [0, 0.05) is 54.1 Å². The zero-order valence-electron chi connectivity index (χ0n) is 17.6. The topological polar surface area (TPSA) is 74.9 Å². The molecular formula is C24H27N5O. The van der Waals surface area contributed by atoms with Gasteiger partial charge < -0.3 is 10.3 Å². The summed E-state index contributed by atoms with van der Waals surface area (Å²) in [7, 11) is 0. The van der Waals surface area contributed by atoms with Crippen LogP contribution in [0.2, 0.25) is 0 Å². The monoisotopic (exact) mass is 401 g/mol. The number of nitrogens with one attached hydrogen (secondary N) is 1. The van der Waals surface area contributed by atoms with Gasteiger partial charge in [-0.15, -0.1) is 0 Å². The van der Waals surface area contributed by atoms with Crippen LogP contribution in [0.5, 0.6) is 0 Å². The van der Waals surface area contributed by atoms with E-state index in [0.29, 0.717) is 23.9 Å². The number of carbonyl (C=O) groups excluding carboxylic acids is 1. The van der Waals surface area contributed by atoms with Gasteiger partial charge >= 0.3 is 0 Å². The molecule has 0 aliphatic carbocycles. The Bertz CT molecular complexity index is 1130. The fourth-order valence-electron chi connectivity index (χ4n) is 5.12. The van der Waals surface area contributed by atoms with Crippen LogP contribution in [0.25, 0.3) is 10.9 Å². The number of aromatic nitrogens is 3. The lowest BCUT2D eigenvalue weighted by Crippen LogP contribution is -2.42. The molecule has 5 rings (SSSR count). The minimum atomic E-state index is 0.0443. The van der Waals surface area contributed by atoms with Gasteiger partial charge in [0.2, 0.25) is 0 Å². The van der Waals surface area contributed by atoms with Crippen molar-refractivity contribution < 1.29 is 4.79 Å². The minimum Gasteiger partial charge on any atom is -0.336 e. The highest BCUT2D eigenvalue weighted by molar-refractivity contribution is 6.07. The first-order valence-corrected chi connectivity index (χ1v) is 10.8. The van der Waals surface area contributed by atoms with Crippen LogP contribution < -0.4 is 0 Å². The molecule has 0 saturated carbocycles. The molecule has 2 atom stereocenters. The number of benzene rings is 1. The Kier molecular flexibility index (Phi) is 4.65. The Morgan fingerprint density at radius 2 is 2.10 bits per heavy atom. The van der Waals surface area contributed by atoms with E-state index in [4.69, 9.17) is 5.41 Å². The maximum atomic E-state index is 13.2. The molecule has 1 fully saturated rings. The Hall–Kier alpha value is -3.02. The lowest BCUT2D eigenvalue weighted by molar-refractivity contribution is 0.0652. The first-order valence-electron chi connectivity index (χ1n) is 10.8. The molecule has 1 N–H and O–H groups in total. The second kappa shape index (κ2) is 7.35. The Labute approximate surface area is 176 Å². The van der Waals surface area contributed by atoms with Crippen molar-refractivity contribution in [3.63, 3.8) is 0 Å². The number of aryl methyl sites for hydroxylation is 2. The molecule has 154 valence electrons. The molecule has 1 aromatic carbocycles. The van der Waals surface area contributed by atoms with E-state index in [9.17, 15) is 4.79 Å². The predicted molar refractivity (Wildman–Crippen MR) is 117 cm³/mol. The third-order valence-electron chi connectivity index (χ3n) is 6.48. The van der Waals surface area contributed by atoms with Crippen LogP contribution in [0.4, 0.5) is 0 Å². The third kappa shape index (κ3) is 3.20. The van der Waals surface area contributed by atoms with Gasteiger partial charge in [-0.3, -0.25) is 14.5 Å². The molecule has 30 heavy (non-hydrogen) atoms. The fourth-order valence-corrected chi connectivity index (χ4v) is 5.12. The standard InChI is InChI=1S/C24H27N5O/c1-15-11-17(20-8-7-19(16(2)25)23-21(20)6-3-9-26-23)14-28(13-15)24(30)22-12-18-5-4-10-29(18)27-22/h3,6-9,12,15,17,25H,4-5,10-11,13-14H2,1-2H3/t15-,17+/m1/s1. The predicted octanol–water partition coefficient (Wildman–Crippen LogP) is 4.03. The number of nitrogens with zero attached hydrogens (tertiary/aromatic N) is 4. The first kappa shape index (κ1) is 19.0. The lowest BCUT2D eigenvalue weighted by atomic mass is 9.83. The molecule has 1 amide bonds. The van der Waals surface area contributed by atoms with Crippen LogP contribution >= 0.6 is 0 Å². The van der Waals surface area contributed by atoms with Gasteiger partial charge in [0.1, 0.15) is 0 Å². The summed E-state index contributed by atoms with van der Waals surface area (Å²) < 4.78 is 1.98. The Balaban J connectivity index is 1.47. The summed E-state index contributed by atoms with van der Waals surface area (Å²) in [5.41, 5.74) is 5.25. The second-order valence-electron chi connectivity index (χ2n) is 8.82. The maximum absolute atomic E-state index is 13.2. The van der Waals surface area contributed by atoms with Gasteiger partial charge in [-0.2, -0.15) is 5.10 Å². The largest absolute Gasteiger partial charge is 0.336 e. The summed E-state index contributed by atoms with van der Waals surface area (Å²) >= 11 is 0. The van der Waals surface area contributed by atoms with Gasteiger partial charge in [-0.1, -0.05) is 25.1 Å². The molecule has 0 radical (unpaired) electrons. The number of carbonyl (C=O) groups is 1. The number of fused-ring (bicyclic) bond motifs is 2. The molecule has 0 unspecified atom stereocenters. The zero-order valence-corrected chi connectivity index (χ0v) is 17.6. The molecule has 4 heterocycles. The first-order chi connectivity index (χ1) is 14.5. The summed E-state index contributed by atoms with van der Waals surface area (Å²) in [6, 6.07) is 10.2. The van der Waals surface area contributed by atoms with E-state index in [1.165, 1.54) is 11.3 Å². The summed E-state index contributed by atoms with van der Waals surface area (Å²) in [5.74, 6) is 0.708. The summed E-state index contributed by atoms with van der Waals surface area (Å²) in [4.78, 5) is 19.8. The summed E-state index contributed by atoms with van der Waals surface area (Å²) in [5, 5.41) is 13.7. The van der Waals surface area contributed by atoms with Gasteiger partial charge in [0.25, 0.3) is 5.91 Å². The molecule has 2 aromatic heterocycles. The highest BCUT2D eigenvalue weighted by Gasteiger charge is 2.32. The van der Waals surface area contributed by atoms with Crippen LogP contribution in [0.1, 0.15) is 59.9 Å². The van der Waals surface area contributed by atoms with Crippen LogP contribution in [0.15, 0.2) is 36.5 Å². The molecule has 3 aromatic rings. The van der Waals surface area contributed by atoms with Crippen molar-refractivity contribution in [2.45, 2.75) is 45.6 Å². The van der Waals surface area contributed by atoms with Crippen molar-refractivity contribution in [2.75, 3.05) is 13.1 Å². The number of likely N-dealkylation sites (tertiary alicyclic amines) is 1. The third-order valence-corrected chi connectivity index (χ3v) is 6.48.